The van der Waals surface area contributed by atoms with Gasteiger partial charge >= 0.3 is 0 Å². The third kappa shape index (κ3) is 2.68. The molecular formula is C16H16N4OS. The number of amides is 1. The van der Waals surface area contributed by atoms with Gasteiger partial charge in [0.05, 0.1) is 4.88 Å². The Bertz CT molecular complexity index is 706. The summed E-state index contributed by atoms with van der Waals surface area (Å²) < 4.78 is 0. The number of likely N-dealkylation sites (tertiary alicyclic amines) is 1. The van der Waals surface area contributed by atoms with Crippen molar-refractivity contribution in [2.75, 3.05) is 18.5 Å². The maximum absolute atomic E-state index is 12.6. The van der Waals surface area contributed by atoms with E-state index in [0.717, 1.165) is 23.3 Å². The van der Waals surface area contributed by atoms with Crippen LogP contribution in [0, 0.1) is 11.5 Å². The van der Waals surface area contributed by atoms with E-state index >= 15 is 0 Å². The molecular weight excluding hydrogens is 296 g/mol. The van der Waals surface area contributed by atoms with E-state index in [1.165, 1.54) is 11.3 Å². The number of thiazole rings is 1. The summed E-state index contributed by atoms with van der Waals surface area (Å²) in [6, 6.07) is 9.62. The molecule has 1 amide bonds. The first-order valence-electron chi connectivity index (χ1n) is 7.16. The molecule has 0 radical (unpaired) electrons. The van der Waals surface area contributed by atoms with Crippen LogP contribution in [0.2, 0.25) is 0 Å². The maximum Gasteiger partial charge on any atom is 0.251 e. The van der Waals surface area contributed by atoms with Gasteiger partial charge in [0.1, 0.15) is 6.04 Å². The predicted molar refractivity (Wildman–Crippen MR) is 86.3 cm³/mol. The van der Waals surface area contributed by atoms with Gasteiger partial charge in [0.2, 0.25) is 0 Å². The maximum atomic E-state index is 12.6. The number of aromatic nitrogens is 1. The Hall–Kier alpha value is -2.39. The van der Waals surface area contributed by atoms with Crippen LogP contribution in [-0.2, 0) is 4.79 Å². The molecule has 2 heterocycles. The molecule has 1 aliphatic rings. The number of nitrogens with zero attached hydrogens (tertiary/aromatic N) is 4. The van der Waals surface area contributed by atoms with Crippen LogP contribution < -0.4 is 4.90 Å². The number of benzene rings is 1. The second-order valence-electron chi connectivity index (χ2n) is 5.22. The van der Waals surface area contributed by atoms with Crippen molar-refractivity contribution in [1.82, 2.24) is 9.88 Å². The summed E-state index contributed by atoms with van der Waals surface area (Å²) in [7, 11) is 1.73. The number of carbonyl (C=O) groups is 1. The lowest BCUT2D eigenvalue weighted by Gasteiger charge is -2.22. The third-order valence-electron chi connectivity index (χ3n) is 3.84. The normalized spacial score (nSPS) is 17.3. The molecule has 0 aliphatic carbocycles. The van der Waals surface area contributed by atoms with Gasteiger partial charge in [0.15, 0.2) is 11.3 Å². The van der Waals surface area contributed by atoms with Gasteiger partial charge in [-0.3, -0.25) is 14.6 Å². The molecule has 6 heteroatoms. The molecule has 1 fully saturated rings. The van der Waals surface area contributed by atoms with Crippen LogP contribution in [0.3, 0.4) is 0 Å². The van der Waals surface area contributed by atoms with Crippen molar-refractivity contribution in [1.29, 1.82) is 5.26 Å². The summed E-state index contributed by atoms with van der Waals surface area (Å²) in [4.78, 5) is 21.1. The molecule has 5 nitrogen and oxygen atoms in total. The van der Waals surface area contributed by atoms with Gasteiger partial charge in [-0.15, -0.1) is 0 Å². The van der Waals surface area contributed by atoms with Crippen LogP contribution in [0.15, 0.2) is 36.5 Å². The van der Waals surface area contributed by atoms with Gasteiger partial charge in [-0.25, -0.2) is 4.98 Å². The summed E-state index contributed by atoms with van der Waals surface area (Å²) in [6.45, 7) is 0.661. The molecule has 1 aliphatic heterocycles. The predicted octanol–water partition coefficient (Wildman–Crippen LogP) is 2.72. The number of likely N-dealkylation sites (N-methyl/N-ethyl adjacent to an activating group) is 1. The highest BCUT2D eigenvalue weighted by atomic mass is 32.1. The van der Waals surface area contributed by atoms with E-state index < -0.39 is 0 Å². The number of carbonyl (C=O) groups excluding carboxylic acids is 1. The van der Waals surface area contributed by atoms with Crippen molar-refractivity contribution in [2.45, 2.75) is 18.9 Å². The quantitative estimate of drug-likeness (QED) is 0.818. The highest BCUT2D eigenvalue weighted by Crippen LogP contribution is 2.31. The van der Waals surface area contributed by atoms with E-state index in [2.05, 4.69) is 11.2 Å². The van der Waals surface area contributed by atoms with E-state index in [1.54, 1.807) is 23.0 Å². The lowest BCUT2D eigenvalue weighted by Crippen LogP contribution is -2.42. The van der Waals surface area contributed by atoms with Crippen LogP contribution >= 0.6 is 11.3 Å². The van der Waals surface area contributed by atoms with Crippen molar-refractivity contribution >= 4 is 22.4 Å². The topological polar surface area (TPSA) is 60.2 Å². The van der Waals surface area contributed by atoms with E-state index in [9.17, 15) is 4.79 Å². The Morgan fingerprint density at radius 3 is 2.95 bits per heavy atom. The van der Waals surface area contributed by atoms with Gasteiger partial charge in [0.25, 0.3) is 5.91 Å². The monoisotopic (exact) mass is 312 g/mol. The van der Waals surface area contributed by atoms with Gasteiger partial charge in [-0.1, -0.05) is 41.7 Å². The molecule has 22 heavy (non-hydrogen) atoms. The van der Waals surface area contributed by atoms with Crippen molar-refractivity contribution in [3.63, 3.8) is 0 Å². The van der Waals surface area contributed by atoms with Gasteiger partial charge in [-0.2, -0.15) is 5.26 Å². The fourth-order valence-corrected chi connectivity index (χ4v) is 3.51. The molecule has 0 spiro atoms. The zero-order valence-electron chi connectivity index (χ0n) is 12.3. The number of nitriles is 1. The SMILES string of the molecule is CN(C(=O)C1CCCN1C#N)c1ncc(-c2ccccc2)s1. The van der Waals surface area contributed by atoms with Gasteiger partial charge in [-0.05, 0) is 18.4 Å². The highest BCUT2D eigenvalue weighted by molar-refractivity contribution is 7.19. The summed E-state index contributed by atoms with van der Waals surface area (Å²) >= 11 is 1.48. The third-order valence-corrected chi connectivity index (χ3v) is 4.96. The van der Waals surface area contributed by atoms with E-state index in [1.807, 2.05) is 30.3 Å². The van der Waals surface area contributed by atoms with E-state index in [0.29, 0.717) is 11.7 Å². The Labute approximate surface area is 133 Å². The Kier molecular flexibility index (Phi) is 4.07. The summed E-state index contributed by atoms with van der Waals surface area (Å²) in [5.74, 6) is -0.0620. The molecule has 112 valence electrons. The molecule has 0 saturated carbocycles. The smallest absolute Gasteiger partial charge is 0.251 e. The van der Waals surface area contributed by atoms with Crippen LogP contribution in [0.1, 0.15) is 12.8 Å². The minimum atomic E-state index is -0.348. The van der Waals surface area contributed by atoms with Crippen LogP contribution in [0.4, 0.5) is 5.13 Å². The lowest BCUT2D eigenvalue weighted by atomic mass is 10.2. The first kappa shape index (κ1) is 14.5. The first-order valence-corrected chi connectivity index (χ1v) is 7.97. The van der Waals surface area contributed by atoms with Crippen LogP contribution in [0.5, 0.6) is 0 Å². The first-order chi connectivity index (χ1) is 10.7. The molecule has 2 aromatic rings. The fourth-order valence-electron chi connectivity index (χ4n) is 2.62. The molecule has 1 aromatic carbocycles. The Balaban J connectivity index is 1.78. The van der Waals surface area contributed by atoms with Crippen LogP contribution in [-0.4, -0.2) is 35.4 Å². The Morgan fingerprint density at radius 1 is 1.45 bits per heavy atom. The number of hydrogen-bond acceptors (Lipinski definition) is 5. The van der Waals surface area contributed by atoms with Crippen LogP contribution in [0.25, 0.3) is 10.4 Å². The minimum absolute atomic E-state index is 0.0620. The highest BCUT2D eigenvalue weighted by Gasteiger charge is 2.33. The average Bonchev–Trinajstić information content (AvgIpc) is 3.23. The fraction of sp³-hybridized carbons (Fsp3) is 0.312. The second-order valence-corrected chi connectivity index (χ2v) is 6.23. The van der Waals surface area contributed by atoms with Crippen molar-refractivity contribution in [3.8, 4) is 16.6 Å². The summed E-state index contributed by atoms with van der Waals surface area (Å²) in [5, 5.41) is 9.74. The van der Waals surface area contributed by atoms with Gasteiger partial charge in [0, 0.05) is 19.8 Å². The number of rotatable bonds is 3. The molecule has 1 atom stereocenters. The molecule has 0 N–H and O–H groups in total. The molecule has 0 bridgehead atoms. The van der Waals surface area contributed by atoms with Gasteiger partial charge < -0.3 is 0 Å². The zero-order chi connectivity index (χ0) is 15.5. The van der Waals surface area contributed by atoms with E-state index in [4.69, 9.17) is 5.26 Å². The largest absolute Gasteiger partial charge is 0.298 e. The molecule has 1 aromatic heterocycles. The Morgan fingerprint density at radius 2 is 2.23 bits per heavy atom. The summed E-state index contributed by atoms with van der Waals surface area (Å²) in [6.07, 6.45) is 5.50. The zero-order valence-corrected chi connectivity index (χ0v) is 13.1. The van der Waals surface area contributed by atoms with Crippen molar-refractivity contribution < 1.29 is 4.79 Å². The average molecular weight is 312 g/mol. The van der Waals surface area contributed by atoms with Crippen molar-refractivity contribution in [3.05, 3.63) is 36.5 Å². The second kappa shape index (κ2) is 6.16. The standard InChI is InChI=1S/C16H16N4OS/c1-19(15(21)13-8-5-9-20(13)11-17)16-18-10-14(22-16)12-6-3-2-4-7-12/h2-4,6-7,10,13H,5,8-9H2,1H3. The number of anilines is 1. The molecule has 3 rings (SSSR count). The lowest BCUT2D eigenvalue weighted by molar-refractivity contribution is -0.121. The number of hydrogen-bond donors (Lipinski definition) is 0. The van der Waals surface area contributed by atoms with Crippen molar-refractivity contribution in [2.24, 2.45) is 0 Å². The summed E-state index contributed by atoms with van der Waals surface area (Å²) in [5.41, 5.74) is 1.09. The molecule has 1 unspecified atom stereocenters. The minimum Gasteiger partial charge on any atom is -0.298 e. The van der Waals surface area contributed by atoms with E-state index in [-0.39, 0.29) is 11.9 Å². The molecule has 1 saturated heterocycles.